The van der Waals surface area contributed by atoms with E-state index in [4.69, 9.17) is 0 Å². The molecule has 0 fully saturated rings. The van der Waals surface area contributed by atoms with Crippen molar-refractivity contribution in [3.8, 4) is 12.3 Å². The van der Waals surface area contributed by atoms with Crippen LogP contribution in [0.25, 0.3) is 0 Å². The molecule has 1 rings (SSSR count). The number of rotatable bonds is 0. The van der Waals surface area contributed by atoms with Crippen molar-refractivity contribution in [3.63, 3.8) is 0 Å². The van der Waals surface area contributed by atoms with Crippen LogP contribution in [0, 0.1) is 12.3 Å². The maximum Gasteiger partial charge on any atom is 0.102 e. The van der Waals surface area contributed by atoms with Gasteiger partial charge in [-0.25, -0.2) is 0 Å². The van der Waals surface area contributed by atoms with Crippen LogP contribution in [0.2, 0.25) is 0 Å². The Kier molecular flexibility index (Phi) is 3.90. The predicted molar refractivity (Wildman–Crippen MR) is 43.7 cm³/mol. The second-order valence-electron chi connectivity index (χ2n) is 1.81. The third kappa shape index (κ3) is 2.83. The molecule has 0 amide bonds. The lowest BCUT2D eigenvalue weighted by molar-refractivity contribution is 0.574. The summed E-state index contributed by atoms with van der Waals surface area (Å²) < 4.78 is 0. The summed E-state index contributed by atoms with van der Waals surface area (Å²) in [5, 5.41) is 2.92. The van der Waals surface area contributed by atoms with Gasteiger partial charge in [0.1, 0.15) is 5.82 Å². The van der Waals surface area contributed by atoms with Gasteiger partial charge in [-0.1, -0.05) is 6.58 Å². The number of nitrogens with zero attached hydrogens (tertiary/aromatic N) is 1. The van der Waals surface area contributed by atoms with Gasteiger partial charge in [0.25, 0.3) is 0 Å². The molecule has 0 saturated carbocycles. The molecule has 0 aromatic heterocycles. The van der Waals surface area contributed by atoms with Crippen LogP contribution in [-0.4, -0.2) is 11.9 Å². The molecule has 10 heavy (non-hydrogen) atoms. The van der Waals surface area contributed by atoms with Gasteiger partial charge in [-0.05, 0) is 6.92 Å². The van der Waals surface area contributed by atoms with Gasteiger partial charge in [0, 0.05) is 19.4 Å². The first-order chi connectivity index (χ1) is 4.72. The summed E-state index contributed by atoms with van der Waals surface area (Å²) >= 11 is 0. The van der Waals surface area contributed by atoms with Gasteiger partial charge in [-0.2, -0.15) is 0 Å². The van der Waals surface area contributed by atoms with Crippen molar-refractivity contribution in [2.75, 3.05) is 7.05 Å². The smallest absolute Gasteiger partial charge is 0.102 e. The van der Waals surface area contributed by atoms with E-state index in [-0.39, 0.29) is 0 Å². The number of hydrogen-bond donors (Lipinski definition) is 1. The molecule has 0 atom stereocenters. The van der Waals surface area contributed by atoms with Gasteiger partial charge in [-0.15, -0.1) is 12.3 Å². The maximum absolute atomic E-state index is 4.60. The lowest BCUT2D eigenvalue weighted by Gasteiger charge is -2.06. The molecule has 0 radical (unpaired) electrons. The highest BCUT2D eigenvalue weighted by Crippen LogP contribution is 1.99. The molecule has 0 unspecified atom stereocenters. The normalized spacial score (nSPS) is 13.3. The van der Waals surface area contributed by atoms with Gasteiger partial charge < -0.3 is 10.2 Å². The average molecular weight is 136 g/mol. The van der Waals surface area contributed by atoms with Crippen molar-refractivity contribution < 1.29 is 0 Å². The SMILES string of the molecule is C#CC.C=C1NC=CN1C. The fourth-order valence-electron chi connectivity index (χ4n) is 0.437. The number of hydrogen-bond acceptors (Lipinski definition) is 2. The van der Waals surface area contributed by atoms with E-state index >= 15 is 0 Å². The molecular formula is C8H12N2. The third-order valence-electron chi connectivity index (χ3n) is 0.974. The first-order valence-electron chi connectivity index (χ1n) is 2.94. The Balaban J connectivity index is 0.000000236. The van der Waals surface area contributed by atoms with Crippen LogP contribution < -0.4 is 5.32 Å². The Labute approximate surface area is 62.2 Å². The first-order valence-corrected chi connectivity index (χ1v) is 2.94. The number of nitrogens with one attached hydrogen (secondary N) is 1. The zero-order valence-electron chi connectivity index (χ0n) is 6.39. The van der Waals surface area contributed by atoms with Gasteiger partial charge in [0.2, 0.25) is 0 Å². The summed E-state index contributed by atoms with van der Waals surface area (Å²) in [5.74, 6) is 3.18. The molecule has 0 saturated heterocycles. The van der Waals surface area contributed by atoms with Crippen LogP contribution in [-0.2, 0) is 0 Å². The summed E-state index contributed by atoms with van der Waals surface area (Å²) in [7, 11) is 1.94. The first kappa shape index (κ1) is 8.64. The monoisotopic (exact) mass is 136 g/mol. The molecule has 0 spiro atoms. The molecule has 2 heteroatoms. The van der Waals surface area contributed by atoms with E-state index in [1.54, 1.807) is 6.92 Å². The topological polar surface area (TPSA) is 15.3 Å². The van der Waals surface area contributed by atoms with Crippen LogP contribution in [0.4, 0.5) is 0 Å². The minimum atomic E-state index is 0.931. The van der Waals surface area contributed by atoms with E-state index in [2.05, 4.69) is 24.2 Å². The lowest BCUT2D eigenvalue weighted by atomic mass is 10.7. The molecule has 54 valence electrons. The fourth-order valence-corrected chi connectivity index (χ4v) is 0.437. The zero-order chi connectivity index (χ0) is 7.98. The average Bonchev–Trinajstić information content (AvgIpc) is 2.19. The molecule has 0 aromatic carbocycles. The predicted octanol–water partition coefficient (Wildman–Crippen LogP) is 1.10. The van der Waals surface area contributed by atoms with Crippen molar-refractivity contribution >= 4 is 0 Å². The summed E-state index contributed by atoms with van der Waals surface area (Å²) in [5.41, 5.74) is 0. The zero-order valence-corrected chi connectivity index (χ0v) is 6.39. The molecule has 2 nitrogen and oxygen atoms in total. The minimum Gasteiger partial charge on any atom is -0.347 e. The van der Waals surface area contributed by atoms with E-state index in [9.17, 15) is 0 Å². The van der Waals surface area contributed by atoms with Crippen LogP contribution in [0.5, 0.6) is 0 Å². The van der Waals surface area contributed by atoms with E-state index in [1.165, 1.54) is 0 Å². The van der Waals surface area contributed by atoms with Gasteiger partial charge in [-0.3, -0.25) is 0 Å². The molecule has 0 bridgehead atoms. The van der Waals surface area contributed by atoms with E-state index in [0.29, 0.717) is 0 Å². The molecule has 0 aliphatic carbocycles. The fraction of sp³-hybridized carbons (Fsp3) is 0.250. The van der Waals surface area contributed by atoms with E-state index < -0.39 is 0 Å². The van der Waals surface area contributed by atoms with Crippen LogP contribution >= 0.6 is 0 Å². The third-order valence-corrected chi connectivity index (χ3v) is 0.974. The van der Waals surface area contributed by atoms with Gasteiger partial charge in [0.15, 0.2) is 0 Å². The molecule has 1 aliphatic heterocycles. The molecular weight excluding hydrogens is 124 g/mol. The quantitative estimate of drug-likeness (QED) is 0.502. The summed E-state index contributed by atoms with van der Waals surface area (Å²) in [6.07, 6.45) is 8.37. The minimum absolute atomic E-state index is 0.931. The highest BCUT2D eigenvalue weighted by atomic mass is 15.2. The second-order valence-corrected chi connectivity index (χ2v) is 1.81. The van der Waals surface area contributed by atoms with Crippen molar-refractivity contribution in [3.05, 3.63) is 24.8 Å². The Morgan fingerprint density at radius 2 is 2.30 bits per heavy atom. The van der Waals surface area contributed by atoms with Crippen molar-refractivity contribution in [2.45, 2.75) is 6.92 Å². The van der Waals surface area contributed by atoms with Gasteiger partial charge >= 0.3 is 0 Å². The lowest BCUT2D eigenvalue weighted by Crippen LogP contribution is -2.10. The Bertz CT molecular complexity index is 174. The standard InChI is InChI=1S/C5H8N2.C3H4/c1-5-6-3-4-7(5)2;1-3-2/h3-4,6H,1H2,2H3;1H,2H3. The van der Waals surface area contributed by atoms with Crippen molar-refractivity contribution in [1.29, 1.82) is 0 Å². The largest absolute Gasteiger partial charge is 0.347 e. The Hall–Kier alpha value is -1.36. The van der Waals surface area contributed by atoms with Crippen LogP contribution in [0.3, 0.4) is 0 Å². The Morgan fingerprint density at radius 3 is 2.40 bits per heavy atom. The summed E-state index contributed by atoms with van der Waals surface area (Å²) in [6.45, 7) is 5.34. The second kappa shape index (κ2) is 4.51. The Morgan fingerprint density at radius 1 is 1.80 bits per heavy atom. The summed E-state index contributed by atoms with van der Waals surface area (Å²) in [6, 6.07) is 0. The summed E-state index contributed by atoms with van der Waals surface area (Å²) in [4.78, 5) is 1.92. The van der Waals surface area contributed by atoms with E-state index in [0.717, 1.165) is 5.82 Å². The molecule has 1 aliphatic rings. The van der Waals surface area contributed by atoms with Crippen molar-refractivity contribution in [2.24, 2.45) is 0 Å². The maximum atomic E-state index is 4.60. The molecule has 1 N–H and O–H groups in total. The van der Waals surface area contributed by atoms with Crippen molar-refractivity contribution in [1.82, 2.24) is 10.2 Å². The molecule has 1 heterocycles. The van der Waals surface area contributed by atoms with E-state index in [1.807, 2.05) is 24.3 Å². The molecule has 0 aromatic rings. The number of terminal acetylenes is 1. The van der Waals surface area contributed by atoms with Gasteiger partial charge in [0.05, 0.1) is 0 Å². The highest BCUT2D eigenvalue weighted by molar-refractivity contribution is 5.06. The van der Waals surface area contributed by atoms with Crippen LogP contribution in [0.15, 0.2) is 24.8 Å². The highest BCUT2D eigenvalue weighted by Gasteiger charge is 1.98. The van der Waals surface area contributed by atoms with Crippen LogP contribution in [0.1, 0.15) is 6.92 Å².